The van der Waals surface area contributed by atoms with Crippen LogP contribution < -0.4 is 4.74 Å². The summed E-state index contributed by atoms with van der Waals surface area (Å²) < 4.78 is 12.7. The second-order valence-corrected chi connectivity index (χ2v) is 6.08. The van der Waals surface area contributed by atoms with Gasteiger partial charge in [-0.1, -0.05) is 11.2 Å². The highest BCUT2D eigenvalue weighted by Crippen LogP contribution is 2.26. The lowest BCUT2D eigenvalue weighted by Crippen LogP contribution is -2.41. The van der Waals surface area contributed by atoms with Crippen molar-refractivity contribution in [3.05, 3.63) is 53.6 Å². The van der Waals surface area contributed by atoms with Crippen molar-refractivity contribution in [1.82, 2.24) is 29.8 Å². The zero-order valence-corrected chi connectivity index (χ0v) is 14.5. The van der Waals surface area contributed by atoms with Crippen molar-refractivity contribution < 1.29 is 14.1 Å². The maximum atomic E-state index is 12.7. The fraction of sp³-hybridized carbons (Fsp3) is 0.353. The van der Waals surface area contributed by atoms with Crippen LogP contribution in [0.1, 0.15) is 40.9 Å². The molecule has 0 saturated heterocycles. The van der Waals surface area contributed by atoms with Crippen LogP contribution in [-0.2, 0) is 13.2 Å². The third-order valence-corrected chi connectivity index (χ3v) is 4.36. The van der Waals surface area contributed by atoms with E-state index in [0.717, 1.165) is 5.82 Å². The lowest BCUT2D eigenvalue weighted by atomic mass is 10.2. The molecule has 0 fully saturated rings. The van der Waals surface area contributed by atoms with Gasteiger partial charge >= 0.3 is 0 Å². The van der Waals surface area contributed by atoms with Crippen LogP contribution in [0.3, 0.4) is 0 Å². The number of ether oxygens (including phenoxy) is 1. The first-order valence-electron chi connectivity index (χ1n) is 8.33. The van der Waals surface area contributed by atoms with Crippen molar-refractivity contribution in [2.45, 2.75) is 33.0 Å². The molecule has 0 saturated carbocycles. The van der Waals surface area contributed by atoms with Gasteiger partial charge in [0, 0.05) is 31.4 Å². The first-order valence-corrected chi connectivity index (χ1v) is 8.33. The Bertz CT molecular complexity index is 920. The summed E-state index contributed by atoms with van der Waals surface area (Å²) in [5.41, 5.74) is 0.307. The second kappa shape index (κ2) is 6.58. The van der Waals surface area contributed by atoms with Crippen LogP contribution in [0.4, 0.5) is 0 Å². The summed E-state index contributed by atoms with van der Waals surface area (Å²) in [6.07, 6.45) is 1.67. The normalized spacial score (nSPS) is 16.4. The molecule has 0 radical (unpaired) electrons. The van der Waals surface area contributed by atoms with Gasteiger partial charge in [-0.15, -0.1) is 10.2 Å². The number of nitrogens with zero attached hydrogens (tertiary/aromatic N) is 6. The van der Waals surface area contributed by atoms with Gasteiger partial charge in [0.15, 0.2) is 17.3 Å². The third kappa shape index (κ3) is 2.92. The lowest BCUT2D eigenvalue weighted by Gasteiger charge is -2.33. The molecule has 134 valence electrons. The average molecular weight is 354 g/mol. The number of carbonyl (C=O) groups excluding carboxylic acids is 1. The van der Waals surface area contributed by atoms with E-state index in [-0.39, 0.29) is 18.6 Å². The van der Waals surface area contributed by atoms with Gasteiger partial charge in [0.05, 0.1) is 6.04 Å². The van der Waals surface area contributed by atoms with Crippen molar-refractivity contribution in [2.75, 3.05) is 6.54 Å². The Morgan fingerprint density at radius 3 is 2.96 bits per heavy atom. The standard InChI is InChI=1S/C17H18N6O3/c1-11-9-13(21-26-11)17(24)22-7-8-23-14(19-20-16(23)12(22)2)10-25-15-5-3-4-6-18-15/h3-6,9,12H,7-8,10H2,1-2H3/t12-/m0/s1. The number of hydrogen-bond acceptors (Lipinski definition) is 7. The zero-order valence-electron chi connectivity index (χ0n) is 14.5. The van der Waals surface area contributed by atoms with E-state index in [9.17, 15) is 4.79 Å². The molecule has 0 unspecified atom stereocenters. The summed E-state index contributed by atoms with van der Waals surface area (Å²) >= 11 is 0. The van der Waals surface area contributed by atoms with Crippen molar-refractivity contribution in [1.29, 1.82) is 0 Å². The minimum absolute atomic E-state index is 0.171. The van der Waals surface area contributed by atoms with Crippen LogP contribution in [0.2, 0.25) is 0 Å². The quantitative estimate of drug-likeness (QED) is 0.704. The topological polar surface area (TPSA) is 99.2 Å². The van der Waals surface area contributed by atoms with Gasteiger partial charge in [-0.25, -0.2) is 4.98 Å². The molecule has 0 spiro atoms. The summed E-state index contributed by atoms with van der Waals surface area (Å²) in [6.45, 7) is 5.08. The van der Waals surface area contributed by atoms with Crippen LogP contribution in [0.5, 0.6) is 5.88 Å². The number of carbonyl (C=O) groups is 1. The molecule has 3 aromatic rings. The van der Waals surface area contributed by atoms with Gasteiger partial charge in [0.2, 0.25) is 5.88 Å². The second-order valence-electron chi connectivity index (χ2n) is 6.08. The van der Waals surface area contributed by atoms with E-state index in [4.69, 9.17) is 9.26 Å². The summed E-state index contributed by atoms with van der Waals surface area (Å²) in [7, 11) is 0. The smallest absolute Gasteiger partial charge is 0.276 e. The molecule has 0 aromatic carbocycles. The Morgan fingerprint density at radius 2 is 2.23 bits per heavy atom. The molecule has 1 aliphatic heterocycles. The Kier molecular flexibility index (Phi) is 4.11. The number of aromatic nitrogens is 5. The fourth-order valence-corrected chi connectivity index (χ4v) is 3.01. The van der Waals surface area contributed by atoms with Crippen LogP contribution in [0, 0.1) is 6.92 Å². The molecule has 1 atom stereocenters. The van der Waals surface area contributed by atoms with Crippen LogP contribution in [0.15, 0.2) is 35.0 Å². The Hall–Kier alpha value is -3.23. The minimum Gasteiger partial charge on any atom is -0.469 e. The third-order valence-electron chi connectivity index (χ3n) is 4.36. The van der Waals surface area contributed by atoms with E-state index < -0.39 is 0 Å². The summed E-state index contributed by atoms with van der Waals surface area (Å²) in [5, 5.41) is 12.3. The number of hydrogen-bond donors (Lipinski definition) is 0. The largest absolute Gasteiger partial charge is 0.469 e. The molecule has 0 N–H and O–H groups in total. The van der Waals surface area contributed by atoms with Crippen LogP contribution in [0.25, 0.3) is 0 Å². The maximum absolute atomic E-state index is 12.7. The molecule has 1 aliphatic rings. The molecule has 9 heteroatoms. The Morgan fingerprint density at radius 1 is 1.35 bits per heavy atom. The first kappa shape index (κ1) is 16.2. The number of pyridine rings is 1. The molecule has 1 amide bonds. The lowest BCUT2D eigenvalue weighted by molar-refractivity contribution is 0.0624. The van der Waals surface area contributed by atoms with Gasteiger partial charge in [0.25, 0.3) is 5.91 Å². The first-order chi connectivity index (χ1) is 12.6. The molecule has 4 heterocycles. The molecular weight excluding hydrogens is 336 g/mol. The molecule has 3 aromatic heterocycles. The van der Waals surface area contributed by atoms with Crippen molar-refractivity contribution in [3.63, 3.8) is 0 Å². The van der Waals surface area contributed by atoms with Gasteiger partial charge in [-0.05, 0) is 19.9 Å². The van der Waals surface area contributed by atoms with Crippen molar-refractivity contribution in [2.24, 2.45) is 0 Å². The fourth-order valence-electron chi connectivity index (χ4n) is 3.01. The minimum atomic E-state index is -0.218. The summed E-state index contributed by atoms with van der Waals surface area (Å²) in [4.78, 5) is 18.5. The molecular formula is C17H18N6O3. The monoisotopic (exact) mass is 354 g/mol. The number of fused-ring (bicyclic) bond motifs is 1. The SMILES string of the molecule is Cc1cc(C(=O)N2CCn3c(COc4ccccn4)nnc3[C@@H]2C)no1. The van der Waals surface area contributed by atoms with E-state index in [1.54, 1.807) is 30.2 Å². The molecule has 0 aliphatic carbocycles. The summed E-state index contributed by atoms with van der Waals surface area (Å²) in [6, 6.07) is 6.90. The molecule has 0 bridgehead atoms. The van der Waals surface area contributed by atoms with Crippen molar-refractivity contribution in [3.8, 4) is 5.88 Å². The Balaban J connectivity index is 1.50. The van der Waals surface area contributed by atoms with E-state index in [1.165, 1.54) is 0 Å². The number of rotatable bonds is 4. The van der Waals surface area contributed by atoms with Crippen LogP contribution in [-0.4, -0.2) is 42.3 Å². The average Bonchev–Trinajstić information content (AvgIpc) is 3.27. The molecule has 26 heavy (non-hydrogen) atoms. The predicted molar refractivity (Wildman–Crippen MR) is 89.3 cm³/mol. The van der Waals surface area contributed by atoms with Gasteiger partial charge in [-0.2, -0.15) is 0 Å². The van der Waals surface area contributed by atoms with E-state index in [0.29, 0.717) is 36.2 Å². The maximum Gasteiger partial charge on any atom is 0.276 e. The predicted octanol–water partition coefficient (Wildman–Crippen LogP) is 1.77. The zero-order chi connectivity index (χ0) is 18.1. The summed E-state index contributed by atoms with van der Waals surface area (Å²) in [5.74, 6) is 2.41. The van der Waals surface area contributed by atoms with Crippen LogP contribution >= 0.6 is 0 Å². The molecule has 9 nitrogen and oxygen atoms in total. The Labute approximate surface area is 149 Å². The van der Waals surface area contributed by atoms with Gasteiger partial charge in [0.1, 0.15) is 12.4 Å². The van der Waals surface area contributed by atoms with Gasteiger partial charge < -0.3 is 18.7 Å². The van der Waals surface area contributed by atoms with Gasteiger partial charge in [-0.3, -0.25) is 4.79 Å². The highest BCUT2D eigenvalue weighted by Gasteiger charge is 2.33. The number of aryl methyl sites for hydroxylation is 1. The molecule has 4 rings (SSSR count). The number of amides is 1. The van der Waals surface area contributed by atoms with Crippen molar-refractivity contribution >= 4 is 5.91 Å². The highest BCUT2D eigenvalue weighted by molar-refractivity contribution is 5.92. The van der Waals surface area contributed by atoms with E-state index in [2.05, 4.69) is 20.3 Å². The highest BCUT2D eigenvalue weighted by atomic mass is 16.5. The van der Waals surface area contributed by atoms with E-state index in [1.807, 2.05) is 23.6 Å². The van der Waals surface area contributed by atoms with E-state index >= 15 is 0 Å².